The van der Waals surface area contributed by atoms with E-state index in [1.54, 1.807) is 6.20 Å². The summed E-state index contributed by atoms with van der Waals surface area (Å²) in [6.45, 7) is 4.31. The average molecular weight is 315 g/mol. The van der Waals surface area contributed by atoms with Crippen LogP contribution in [0.5, 0.6) is 0 Å². The topological polar surface area (TPSA) is 103 Å². The van der Waals surface area contributed by atoms with Crippen molar-refractivity contribution in [2.24, 2.45) is 0 Å². The zero-order valence-corrected chi connectivity index (χ0v) is 12.9. The number of anilines is 4. The Labute approximate surface area is 135 Å². The summed E-state index contributed by atoms with van der Waals surface area (Å²) in [7, 11) is 0. The summed E-state index contributed by atoms with van der Waals surface area (Å²) in [6.07, 6.45) is 3.22. The predicted octanol–water partition coefficient (Wildman–Crippen LogP) is 0.312. The number of hydrogen-bond donors (Lipinski definition) is 3. The molecule has 1 saturated heterocycles. The molecule has 0 saturated carbocycles. The number of piperazine rings is 1. The van der Waals surface area contributed by atoms with Crippen molar-refractivity contribution >= 4 is 23.1 Å². The van der Waals surface area contributed by atoms with Gasteiger partial charge in [-0.1, -0.05) is 6.07 Å². The Bertz CT molecular complexity index is 629. The Kier molecular flexibility index (Phi) is 4.84. The quantitative estimate of drug-likeness (QED) is 0.724. The molecule has 1 aliphatic rings. The van der Waals surface area contributed by atoms with Gasteiger partial charge in [-0.25, -0.2) is 15.0 Å². The van der Waals surface area contributed by atoms with Gasteiger partial charge >= 0.3 is 0 Å². The van der Waals surface area contributed by atoms with E-state index in [4.69, 9.17) is 10.8 Å². The van der Waals surface area contributed by atoms with Crippen LogP contribution >= 0.6 is 0 Å². The SMILES string of the molecule is Nc1c(Nc2ccccn2)ncnc1N1CCN(CCO)CC1. The van der Waals surface area contributed by atoms with Gasteiger partial charge < -0.3 is 21.1 Å². The lowest BCUT2D eigenvalue weighted by Gasteiger charge is -2.35. The molecule has 0 radical (unpaired) electrons. The fourth-order valence-electron chi connectivity index (χ4n) is 2.62. The third-order valence-electron chi connectivity index (χ3n) is 3.86. The second-order valence-corrected chi connectivity index (χ2v) is 5.35. The third kappa shape index (κ3) is 3.66. The minimum absolute atomic E-state index is 0.188. The summed E-state index contributed by atoms with van der Waals surface area (Å²) in [5, 5.41) is 12.1. The van der Waals surface area contributed by atoms with Crippen LogP contribution in [0.2, 0.25) is 0 Å². The van der Waals surface area contributed by atoms with Crippen molar-refractivity contribution in [3.8, 4) is 0 Å². The first-order valence-electron chi connectivity index (χ1n) is 7.64. The number of nitrogens with one attached hydrogen (secondary N) is 1. The van der Waals surface area contributed by atoms with Gasteiger partial charge in [-0.05, 0) is 12.1 Å². The van der Waals surface area contributed by atoms with E-state index in [0.29, 0.717) is 23.9 Å². The second-order valence-electron chi connectivity index (χ2n) is 5.35. The van der Waals surface area contributed by atoms with Gasteiger partial charge in [0.25, 0.3) is 0 Å². The highest BCUT2D eigenvalue weighted by Crippen LogP contribution is 2.28. The zero-order valence-electron chi connectivity index (χ0n) is 12.9. The molecule has 0 unspecified atom stereocenters. The highest BCUT2D eigenvalue weighted by atomic mass is 16.3. The molecule has 0 aliphatic carbocycles. The Morgan fingerprint density at radius 3 is 2.65 bits per heavy atom. The van der Waals surface area contributed by atoms with Crippen LogP contribution in [0.3, 0.4) is 0 Å². The number of nitrogens with two attached hydrogens (primary N) is 1. The lowest BCUT2D eigenvalue weighted by atomic mass is 10.3. The molecule has 1 fully saturated rings. The zero-order chi connectivity index (χ0) is 16.1. The lowest BCUT2D eigenvalue weighted by molar-refractivity contribution is 0.188. The first kappa shape index (κ1) is 15.4. The molecular formula is C15H21N7O. The fourth-order valence-corrected chi connectivity index (χ4v) is 2.62. The third-order valence-corrected chi connectivity index (χ3v) is 3.86. The van der Waals surface area contributed by atoms with Crippen molar-refractivity contribution < 1.29 is 5.11 Å². The molecule has 23 heavy (non-hydrogen) atoms. The first-order valence-corrected chi connectivity index (χ1v) is 7.64. The highest BCUT2D eigenvalue weighted by Gasteiger charge is 2.21. The number of β-amino-alcohol motifs (C(OH)–C–C–N with tert-alkyl or cyclic N) is 1. The number of rotatable bonds is 5. The summed E-state index contributed by atoms with van der Waals surface area (Å²) in [5.74, 6) is 1.99. The van der Waals surface area contributed by atoms with Gasteiger partial charge in [-0.15, -0.1) is 0 Å². The van der Waals surface area contributed by atoms with Crippen LogP contribution in [0.4, 0.5) is 23.1 Å². The predicted molar refractivity (Wildman–Crippen MR) is 89.7 cm³/mol. The molecular weight excluding hydrogens is 294 g/mol. The Morgan fingerprint density at radius 1 is 1.13 bits per heavy atom. The van der Waals surface area contributed by atoms with E-state index in [1.165, 1.54) is 6.33 Å². The molecule has 0 bridgehead atoms. The molecule has 0 spiro atoms. The number of aromatic nitrogens is 3. The van der Waals surface area contributed by atoms with E-state index in [0.717, 1.165) is 32.0 Å². The average Bonchev–Trinajstić information content (AvgIpc) is 2.59. The molecule has 4 N–H and O–H groups in total. The van der Waals surface area contributed by atoms with E-state index in [1.807, 2.05) is 18.2 Å². The van der Waals surface area contributed by atoms with E-state index in [9.17, 15) is 0 Å². The van der Waals surface area contributed by atoms with Crippen molar-refractivity contribution in [2.45, 2.75) is 0 Å². The molecule has 0 atom stereocenters. The summed E-state index contributed by atoms with van der Waals surface area (Å²) >= 11 is 0. The number of nitrogen functional groups attached to an aromatic ring is 1. The van der Waals surface area contributed by atoms with Crippen molar-refractivity contribution in [1.29, 1.82) is 0 Å². The Balaban J connectivity index is 1.73. The van der Waals surface area contributed by atoms with Crippen LogP contribution < -0.4 is 16.0 Å². The van der Waals surface area contributed by atoms with Crippen molar-refractivity contribution in [3.05, 3.63) is 30.7 Å². The Morgan fingerprint density at radius 2 is 1.96 bits per heavy atom. The maximum absolute atomic E-state index is 9.01. The normalized spacial score (nSPS) is 15.6. The molecule has 3 heterocycles. The van der Waals surface area contributed by atoms with Crippen LogP contribution in [0.25, 0.3) is 0 Å². The van der Waals surface area contributed by atoms with Crippen LogP contribution in [-0.2, 0) is 0 Å². The van der Waals surface area contributed by atoms with Crippen LogP contribution in [0.15, 0.2) is 30.7 Å². The smallest absolute Gasteiger partial charge is 0.160 e. The molecule has 8 nitrogen and oxygen atoms in total. The largest absolute Gasteiger partial charge is 0.395 e. The van der Waals surface area contributed by atoms with E-state index >= 15 is 0 Å². The van der Waals surface area contributed by atoms with Crippen LogP contribution in [0.1, 0.15) is 0 Å². The highest BCUT2D eigenvalue weighted by molar-refractivity contribution is 5.77. The van der Waals surface area contributed by atoms with E-state index in [-0.39, 0.29) is 6.61 Å². The molecule has 0 amide bonds. The molecule has 8 heteroatoms. The summed E-state index contributed by atoms with van der Waals surface area (Å²) < 4.78 is 0. The molecule has 2 aromatic heterocycles. The summed E-state index contributed by atoms with van der Waals surface area (Å²) in [5.41, 5.74) is 6.77. The Hall–Kier alpha value is -2.45. The fraction of sp³-hybridized carbons (Fsp3) is 0.400. The van der Waals surface area contributed by atoms with Gasteiger partial charge in [0.15, 0.2) is 11.6 Å². The standard InChI is InChI=1S/C15H21N7O/c16-13-14(20-12-3-1-2-4-17-12)18-11-19-15(13)22-7-5-21(6-8-22)9-10-23/h1-4,11,23H,5-10,16H2,(H,17,18,19,20). The van der Waals surface area contributed by atoms with Crippen LogP contribution in [0, 0.1) is 0 Å². The number of hydrogen-bond acceptors (Lipinski definition) is 8. The lowest BCUT2D eigenvalue weighted by Crippen LogP contribution is -2.47. The van der Waals surface area contributed by atoms with Crippen molar-refractivity contribution in [3.63, 3.8) is 0 Å². The van der Waals surface area contributed by atoms with Crippen LogP contribution in [-0.4, -0.2) is 64.3 Å². The molecule has 122 valence electrons. The molecule has 3 rings (SSSR count). The van der Waals surface area contributed by atoms with Gasteiger partial charge in [0.2, 0.25) is 0 Å². The summed E-state index contributed by atoms with van der Waals surface area (Å²) in [6, 6.07) is 5.61. The van der Waals surface area contributed by atoms with Gasteiger partial charge in [0, 0.05) is 38.9 Å². The van der Waals surface area contributed by atoms with Gasteiger partial charge in [0.05, 0.1) is 6.61 Å². The minimum Gasteiger partial charge on any atom is -0.395 e. The molecule has 1 aliphatic heterocycles. The van der Waals surface area contributed by atoms with Gasteiger partial charge in [-0.2, -0.15) is 0 Å². The van der Waals surface area contributed by atoms with Crippen molar-refractivity contribution in [2.75, 3.05) is 55.3 Å². The second kappa shape index (κ2) is 7.21. The molecule has 2 aromatic rings. The first-order chi connectivity index (χ1) is 11.3. The molecule has 0 aromatic carbocycles. The number of aliphatic hydroxyl groups is 1. The maximum atomic E-state index is 9.01. The van der Waals surface area contributed by atoms with E-state index in [2.05, 4.69) is 30.1 Å². The summed E-state index contributed by atoms with van der Waals surface area (Å²) in [4.78, 5) is 17.1. The van der Waals surface area contributed by atoms with Gasteiger partial charge in [0.1, 0.15) is 17.8 Å². The van der Waals surface area contributed by atoms with Gasteiger partial charge in [-0.3, -0.25) is 4.90 Å². The number of aliphatic hydroxyl groups excluding tert-OH is 1. The van der Waals surface area contributed by atoms with Crippen molar-refractivity contribution in [1.82, 2.24) is 19.9 Å². The monoisotopic (exact) mass is 315 g/mol. The maximum Gasteiger partial charge on any atom is 0.160 e. The van der Waals surface area contributed by atoms with E-state index < -0.39 is 0 Å². The number of pyridine rings is 1. The minimum atomic E-state index is 0.188. The number of nitrogens with zero attached hydrogens (tertiary/aromatic N) is 5.